The molecule has 0 amide bonds. The van der Waals surface area contributed by atoms with Crippen LogP contribution in [0.5, 0.6) is 0 Å². The average molecular weight is 295 g/mol. The summed E-state index contributed by atoms with van der Waals surface area (Å²) in [6.07, 6.45) is 0.123. The van der Waals surface area contributed by atoms with E-state index in [1.165, 1.54) is 4.57 Å². The molecule has 106 valence electrons. The lowest BCUT2D eigenvalue weighted by Crippen LogP contribution is -2.26. The Hall–Kier alpha value is -1.88. The minimum absolute atomic E-state index is 0.114. The van der Waals surface area contributed by atoms with E-state index in [0.717, 1.165) is 0 Å². The van der Waals surface area contributed by atoms with Gasteiger partial charge in [0.15, 0.2) is 0 Å². The van der Waals surface area contributed by atoms with Gasteiger partial charge in [-0.3, -0.25) is 14.2 Å². The van der Waals surface area contributed by atoms with E-state index < -0.39 is 0 Å². The molecule has 0 N–H and O–H groups in total. The molecule has 0 radical (unpaired) electrons. The first-order chi connectivity index (χ1) is 9.67. The number of aromatic nitrogens is 2. The van der Waals surface area contributed by atoms with Gasteiger partial charge in [-0.2, -0.15) is 0 Å². The molecule has 0 aliphatic heterocycles. The summed E-state index contributed by atoms with van der Waals surface area (Å²) in [5.41, 5.74) is 0.427. The number of hydrogen-bond donors (Lipinski definition) is 0. The number of ether oxygens (including phenoxy) is 1. The molecule has 6 heteroatoms. The fourth-order valence-corrected chi connectivity index (χ4v) is 2.19. The van der Waals surface area contributed by atoms with E-state index in [9.17, 15) is 9.59 Å². The van der Waals surface area contributed by atoms with Gasteiger partial charge in [-0.1, -0.05) is 12.1 Å². The first-order valence-corrected chi connectivity index (χ1v) is 6.91. The Kier molecular flexibility index (Phi) is 4.74. The van der Waals surface area contributed by atoms with Gasteiger partial charge in [0.05, 0.1) is 29.8 Å². The normalized spacial score (nSPS) is 10.7. The number of halogens is 1. The molecule has 0 spiro atoms. The number of para-hydroxylation sites is 1. The van der Waals surface area contributed by atoms with Crippen LogP contribution in [0, 0.1) is 0 Å². The minimum Gasteiger partial charge on any atom is -0.466 e. The summed E-state index contributed by atoms with van der Waals surface area (Å²) in [4.78, 5) is 28.1. The van der Waals surface area contributed by atoms with Gasteiger partial charge in [-0.15, -0.1) is 11.6 Å². The number of nitrogens with zero attached hydrogens (tertiary/aromatic N) is 2. The molecule has 0 saturated carbocycles. The van der Waals surface area contributed by atoms with Crippen molar-refractivity contribution < 1.29 is 9.53 Å². The van der Waals surface area contributed by atoms with E-state index in [0.29, 0.717) is 23.3 Å². The number of rotatable bonds is 5. The monoisotopic (exact) mass is 294 g/mol. The highest BCUT2D eigenvalue weighted by molar-refractivity contribution is 6.16. The highest BCUT2D eigenvalue weighted by Gasteiger charge is 2.11. The van der Waals surface area contributed by atoms with Crippen molar-refractivity contribution >= 4 is 28.5 Å². The van der Waals surface area contributed by atoms with Crippen LogP contribution in [0.4, 0.5) is 0 Å². The molecule has 5 nitrogen and oxygen atoms in total. The molecule has 2 aromatic rings. The van der Waals surface area contributed by atoms with Gasteiger partial charge in [-0.25, -0.2) is 4.98 Å². The third-order valence-electron chi connectivity index (χ3n) is 2.91. The van der Waals surface area contributed by atoms with Gasteiger partial charge >= 0.3 is 5.97 Å². The topological polar surface area (TPSA) is 61.2 Å². The fraction of sp³-hybridized carbons (Fsp3) is 0.357. The number of hydrogen-bond acceptors (Lipinski definition) is 4. The maximum absolute atomic E-state index is 12.4. The number of alkyl halides is 1. The van der Waals surface area contributed by atoms with Crippen LogP contribution in [-0.4, -0.2) is 22.1 Å². The summed E-state index contributed by atoms with van der Waals surface area (Å²) in [7, 11) is 0. The molecule has 0 fully saturated rings. The predicted octanol–water partition coefficient (Wildman–Crippen LogP) is 2.09. The number of fused-ring (bicyclic) bond motifs is 1. The van der Waals surface area contributed by atoms with Crippen molar-refractivity contribution in [3.8, 4) is 0 Å². The second kappa shape index (κ2) is 6.52. The number of esters is 1. The molecule has 0 atom stereocenters. The lowest BCUT2D eigenvalue weighted by atomic mass is 10.2. The third-order valence-corrected chi connectivity index (χ3v) is 3.14. The molecule has 0 aliphatic carbocycles. The van der Waals surface area contributed by atoms with Crippen molar-refractivity contribution in [3.05, 3.63) is 40.4 Å². The second-order valence-electron chi connectivity index (χ2n) is 4.19. The maximum atomic E-state index is 12.4. The van der Waals surface area contributed by atoms with Crippen LogP contribution in [0.15, 0.2) is 29.1 Å². The molecule has 1 aromatic heterocycles. The van der Waals surface area contributed by atoms with Crippen molar-refractivity contribution in [1.82, 2.24) is 9.55 Å². The first-order valence-electron chi connectivity index (χ1n) is 6.37. The minimum atomic E-state index is -0.340. The maximum Gasteiger partial charge on any atom is 0.307 e. The summed E-state index contributed by atoms with van der Waals surface area (Å²) in [6.45, 7) is 2.29. The average Bonchev–Trinajstić information content (AvgIpc) is 2.46. The van der Waals surface area contributed by atoms with Gasteiger partial charge in [0, 0.05) is 6.54 Å². The molecule has 1 aromatic carbocycles. The van der Waals surface area contributed by atoms with Crippen LogP contribution in [0.3, 0.4) is 0 Å². The Morgan fingerprint density at radius 1 is 1.40 bits per heavy atom. The van der Waals surface area contributed by atoms with Crippen molar-refractivity contribution in [1.29, 1.82) is 0 Å². The lowest BCUT2D eigenvalue weighted by Gasteiger charge is -2.11. The first kappa shape index (κ1) is 14.5. The van der Waals surface area contributed by atoms with E-state index in [-0.39, 0.29) is 30.4 Å². The Bertz CT molecular complexity index is 682. The number of benzene rings is 1. The lowest BCUT2D eigenvalue weighted by molar-refractivity contribution is -0.143. The van der Waals surface area contributed by atoms with E-state index in [2.05, 4.69) is 4.98 Å². The second-order valence-corrected chi connectivity index (χ2v) is 4.46. The molecule has 1 heterocycles. The van der Waals surface area contributed by atoms with Gasteiger partial charge < -0.3 is 4.74 Å². The fourth-order valence-electron chi connectivity index (χ4n) is 1.98. The molecule has 0 saturated heterocycles. The standard InChI is InChI=1S/C14H15ClN2O3/c1-2-20-13(18)7-8-17-12(9-15)16-11-6-4-3-5-10(11)14(17)19/h3-6H,2,7-9H2,1H3. The number of carbonyl (C=O) groups is 1. The quantitative estimate of drug-likeness (QED) is 0.626. The van der Waals surface area contributed by atoms with E-state index >= 15 is 0 Å². The smallest absolute Gasteiger partial charge is 0.307 e. The zero-order valence-corrected chi connectivity index (χ0v) is 11.9. The molecule has 2 rings (SSSR count). The van der Waals surface area contributed by atoms with Crippen molar-refractivity contribution in [3.63, 3.8) is 0 Å². The Morgan fingerprint density at radius 3 is 2.85 bits per heavy atom. The highest BCUT2D eigenvalue weighted by Crippen LogP contribution is 2.10. The van der Waals surface area contributed by atoms with Crippen LogP contribution >= 0.6 is 11.6 Å². The molecule has 0 unspecified atom stereocenters. The largest absolute Gasteiger partial charge is 0.466 e. The van der Waals surface area contributed by atoms with Crippen LogP contribution in [0.1, 0.15) is 19.2 Å². The third kappa shape index (κ3) is 2.99. The Balaban J connectivity index is 2.38. The molecule has 0 bridgehead atoms. The van der Waals surface area contributed by atoms with Crippen LogP contribution in [0.2, 0.25) is 0 Å². The van der Waals surface area contributed by atoms with Gasteiger partial charge in [0.1, 0.15) is 5.82 Å². The van der Waals surface area contributed by atoms with E-state index in [1.807, 2.05) is 6.07 Å². The SMILES string of the molecule is CCOC(=O)CCn1c(CCl)nc2ccccc2c1=O. The predicted molar refractivity (Wildman–Crippen MR) is 76.8 cm³/mol. The van der Waals surface area contributed by atoms with Crippen molar-refractivity contribution in [2.75, 3.05) is 6.61 Å². The zero-order valence-electron chi connectivity index (χ0n) is 11.1. The highest BCUT2D eigenvalue weighted by atomic mass is 35.5. The molecular formula is C14H15ClN2O3. The summed E-state index contributed by atoms with van der Waals surface area (Å²) >= 11 is 5.84. The van der Waals surface area contributed by atoms with Gasteiger partial charge in [0.25, 0.3) is 5.56 Å². The summed E-state index contributed by atoms with van der Waals surface area (Å²) in [5.74, 6) is 0.232. The van der Waals surface area contributed by atoms with Crippen LogP contribution < -0.4 is 5.56 Å². The van der Waals surface area contributed by atoms with Gasteiger partial charge in [-0.05, 0) is 19.1 Å². The van der Waals surface area contributed by atoms with Crippen molar-refractivity contribution in [2.24, 2.45) is 0 Å². The van der Waals surface area contributed by atoms with Crippen LogP contribution in [0.25, 0.3) is 10.9 Å². The molecular weight excluding hydrogens is 280 g/mol. The zero-order chi connectivity index (χ0) is 14.5. The molecule has 20 heavy (non-hydrogen) atoms. The van der Waals surface area contributed by atoms with Crippen LogP contribution in [-0.2, 0) is 22.0 Å². The Labute approximate surface area is 121 Å². The van der Waals surface area contributed by atoms with Crippen molar-refractivity contribution in [2.45, 2.75) is 25.8 Å². The number of carbonyl (C=O) groups excluding carboxylic acids is 1. The Morgan fingerprint density at radius 2 is 2.15 bits per heavy atom. The van der Waals surface area contributed by atoms with E-state index in [4.69, 9.17) is 16.3 Å². The summed E-state index contributed by atoms with van der Waals surface area (Å²) in [5, 5.41) is 0.519. The summed E-state index contributed by atoms with van der Waals surface area (Å²) < 4.78 is 6.29. The van der Waals surface area contributed by atoms with E-state index in [1.54, 1.807) is 25.1 Å². The summed E-state index contributed by atoms with van der Waals surface area (Å²) in [6, 6.07) is 7.07. The molecule has 0 aliphatic rings. The van der Waals surface area contributed by atoms with Gasteiger partial charge in [0.2, 0.25) is 0 Å².